The van der Waals surface area contributed by atoms with Gasteiger partial charge in [0.1, 0.15) is 0 Å². The molecule has 1 heterocycles. The van der Waals surface area contributed by atoms with Crippen molar-refractivity contribution in [1.29, 1.82) is 0 Å². The highest BCUT2D eigenvalue weighted by atomic mass is 32.1. The van der Waals surface area contributed by atoms with Crippen LogP contribution >= 0.6 is 11.3 Å². The molecule has 0 radical (unpaired) electrons. The molecule has 2 N–H and O–H groups in total. The van der Waals surface area contributed by atoms with Gasteiger partial charge in [-0.3, -0.25) is 0 Å². The van der Waals surface area contributed by atoms with Gasteiger partial charge in [0.2, 0.25) is 0 Å². The van der Waals surface area contributed by atoms with Crippen molar-refractivity contribution in [2.75, 3.05) is 0 Å². The van der Waals surface area contributed by atoms with Gasteiger partial charge in [-0.05, 0) is 6.08 Å². The molecule has 0 aliphatic heterocycles. The molecule has 1 aromatic rings. The number of nitrogens with zero attached hydrogens (tertiary/aromatic N) is 1. The largest absolute Gasteiger partial charge is 0.324 e. The van der Waals surface area contributed by atoms with E-state index in [9.17, 15) is 0 Å². The Morgan fingerprint density at radius 2 is 2.45 bits per heavy atom. The van der Waals surface area contributed by atoms with Gasteiger partial charge in [-0.15, -0.1) is 11.3 Å². The van der Waals surface area contributed by atoms with E-state index in [0.717, 1.165) is 5.69 Å². The highest BCUT2D eigenvalue weighted by molar-refractivity contribution is 7.10. The Hall–Kier alpha value is -0.670. The summed E-state index contributed by atoms with van der Waals surface area (Å²) in [6.45, 7) is 2.14. The quantitative estimate of drug-likeness (QED) is 0.635. The molecule has 2 rings (SSSR count). The Bertz CT molecular complexity index is 290. The zero-order chi connectivity index (χ0) is 7.84. The molecule has 58 valence electrons. The summed E-state index contributed by atoms with van der Waals surface area (Å²) in [7, 11) is 0. The van der Waals surface area contributed by atoms with Crippen LogP contribution in [-0.4, -0.2) is 11.0 Å². The van der Waals surface area contributed by atoms with E-state index in [1.54, 1.807) is 11.3 Å². The van der Waals surface area contributed by atoms with Gasteiger partial charge in [-0.2, -0.15) is 0 Å². The fourth-order valence-electron chi connectivity index (χ4n) is 1.27. The minimum Gasteiger partial charge on any atom is -0.324 e. The fourth-order valence-corrected chi connectivity index (χ4v) is 2.17. The lowest BCUT2D eigenvalue weighted by Crippen LogP contribution is -2.25. The Morgan fingerprint density at radius 1 is 1.64 bits per heavy atom. The van der Waals surface area contributed by atoms with Crippen LogP contribution < -0.4 is 5.73 Å². The molecule has 3 heteroatoms. The van der Waals surface area contributed by atoms with E-state index < -0.39 is 0 Å². The van der Waals surface area contributed by atoms with Gasteiger partial charge in [-0.1, -0.05) is 13.0 Å². The van der Waals surface area contributed by atoms with Gasteiger partial charge in [-0.25, -0.2) is 4.98 Å². The van der Waals surface area contributed by atoms with E-state index in [0.29, 0.717) is 5.92 Å². The van der Waals surface area contributed by atoms with Crippen LogP contribution in [0.1, 0.15) is 23.4 Å². The van der Waals surface area contributed by atoms with Gasteiger partial charge in [0.05, 0.1) is 11.2 Å². The van der Waals surface area contributed by atoms with Gasteiger partial charge < -0.3 is 5.73 Å². The molecule has 0 fully saturated rings. The summed E-state index contributed by atoms with van der Waals surface area (Å²) in [5.41, 5.74) is 8.82. The minimum atomic E-state index is 0.169. The van der Waals surface area contributed by atoms with Crippen LogP contribution in [0.4, 0.5) is 0 Å². The number of nitrogens with two attached hydrogens (primary N) is 1. The van der Waals surface area contributed by atoms with E-state index >= 15 is 0 Å². The summed E-state index contributed by atoms with van der Waals surface area (Å²) >= 11 is 1.69. The van der Waals surface area contributed by atoms with E-state index in [1.165, 1.54) is 4.88 Å². The van der Waals surface area contributed by atoms with Crippen molar-refractivity contribution in [2.45, 2.75) is 18.9 Å². The lowest BCUT2D eigenvalue weighted by Gasteiger charge is -2.19. The molecule has 1 aliphatic carbocycles. The molecule has 1 aliphatic rings. The number of hydrogen-bond acceptors (Lipinski definition) is 3. The van der Waals surface area contributed by atoms with Crippen molar-refractivity contribution in [3.63, 3.8) is 0 Å². The zero-order valence-corrected chi connectivity index (χ0v) is 7.14. The minimum absolute atomic E-state index is 0.169. The molecule has 0 bridgehead atoms. The summed E-state index contributed by atoms with van der Waals surface area (Å²) in [6.07, 6.45) is 4.03. The van der Waals surface area contributed by atoms with Crippen LogP contribution in [-0.2, 0) is 0 Å². The summed E-state index contributed by atoms with van der Waals surface area (Å²) in [5.74, 6) is 0.433. The van der Waals surface area contributed by atoms with Crippen molar-refractivity contribution < 1.29 is 0 Å². The summed E-state index contributed by atoms with van der Waals surface area (Å²) in [4.78, 5) is 5.54. The maximum atomic E-state index is 5.84. The van der Waals surface area contributed by atoms with Crippen LogP contribution in [0.2, 0.25) is 0 Å². The monoisotopic (exact) mass is 166 g/mol. The third kappa shape index (κ3) is 1.01. The zero-order valence-electron chi connectivity index (χ0n) is 6.32. The molecule has 0 amide bonds. The van der Waals surface area contributed by atoms with Crippen molar-refractivity contribution in [1.82, 2.24) is 4.98 Å². The number of aromatic nitrogens is 1. The molecular weight excluding hydrogens is 156 g/mol. The van der Waals surface area contributed by atoms with Gasteiger partial charge in [0.25, 0.3) is 0 Å². The van der Waals surface area contributed by atoms with Gasteiger partial charge in [0.15, 0.2) is 0 Å². The Morgan fingerprint density at radius 3 is 3.27 bits per heavy atom. The van der Waals surface area contributed by atoms with Gasteiger partial charge in [0, 0.05) is 16.8 Å². The second kappa shape index (κ2) is 2.43. The maximum absolute atomic E-state index is 5.84. The predicted octanol–water partition coefficient (Wildman–Crippen LogP) is 1.60. The summed E-state index contributed by atoms with van der Waals surface area (Å²) in [5, 5.41) is 0. The smallest absolute Gasteiger partial charge is 0.0801 e. The van der Waals surface area contributed by atoms with Gasteiger partial charge >= 0.3 is 0 Å². The topological polar surface area (TPSA) is 38.9 Å². The molecule has 2 unspecified atom stereocenters. The first kappa shape index (κ1) is 7.00. The fraction of sp³-hybridized carbons (Fsp3) is 0.375. The summed E-state index contributed by atoms with van der Waals surface area (Å²) in [6, 6.07) is 0.169. The molecular formula is C8H10N2S. The molecule has 2 atom stereocenters. The first-order valence-corrected chi connectivity index (χ1v) is 4.54. The van der Waals surface area contributed by atoms with E-state index in [-0.39, 0.29) is 6.04 Å². The highest BCUT2D eigenvalue weighted by Gasteiger charge is 2.20. The van der Waals surface area contributed by atoms with Crippen LogP contribution in [0.5, 0.6) is 0 Å². The molecule has 2 nitrogen and oxygen atoms in total. The van der Waals surface area contributed by atoms with E-state index in [1.807, 2.05) is 17.7 Å². The van der Waals surface area contributed by atoms with Crippen molar-refractivity contribution >= 4 is 17.4 Å². The average molecular weight is 166 g/mol. The third-order valence-corrected chi connectivity index (χ3v) is 3.14. The van der Waals surface area contributed by atoms with Crippen LogP contribution in [0.25, 0.3) is 6.08 Å². The lowest BCUT2D eigenvalue weighted by molar-refractivity contribution is 0.666. The van der Waals surface area contributed by atoms with Crippen molar-refractivity contribution in [3.8, 4) is 0 Å². The number of fused-ring (bicyclic) bond motifs is 1. The normalized spacial score (nSPS) is 28.5. The molecule has 11 heavy (non-hydrogen) atoms. The van der Waals surface area contributed by atoms with Crippen LogP contribution in [0, 0.1) is 0 Å². The molecule has 0 saturated carbocycles. The molecule has 0 aromatic carbocycles. The summed E-state index contributed by atoms with van der Waals surface area (Å²) < 4.78 is 0. The Kier molecular flexibility index (Phi) is 1.55. The molecule has 0 spiro atoms. The standard InChI is InChI=1S/C8H10N2S/c1-5-6(9)2-3-7-8(5)11-4-10-7/h2-6H,9H2,1H3. The predicted molar refractivity (Wildman–Crippen MR) is 47.5 cm³/mol. The van der Waals surface area contributed by atoms with E-state index in [2.05, 4.69) is 11.9 Å². The Balaban J connectivity index is 2.48. The molecule has 0 saturated heterocycles. The number of rotatable bonds is 0. The van der Waals surface area contributed by atoms with Crippen LogP contribution in [0.15, 0.2) is 11.6 Å². The lowest BCUT2D eigenvalue weighted by atomic mass is 9.95. The van der Waals surface area contributed by atoms with Crippen molar-refractivity contribution in [2.24, 2.45) is 5.73 Å². The van der Waals surface area contributed by atoms with E-state index in [4.69, 9.17) is 5.73 Å². The first-order valence-electron chi connectivity index (χ1n) is 3.66. The number of hydrogen-bond donors (Lipinski definition) is 1. The second-order valence-corrected chi connectivity index (χ2v) is 3.71. The highest BCUT2D eigenvalue weighted by Crippen LogP contribution is 2.30. The maximum Gasteiger partial charge on any atom is 0.0801 e. The number of thiazole rings is 1. The van der Waals surface area contributed by atoms with Crippen LogP contribution in [0.3, 0.4) is 0 Å². The molecule has 1 aromatic heterocycles. The second-order valence-electron chi connectivity index (χ2n) is 2.83. The average Bonchev–Trinajstić information content (AvgIpc) is 2.45. The SMILES string of the molecule is CC1c2scnc2C=CC1N. The van der Waals surface area contributed by atoms with Crippen molar-refractivity contribution in [3.05, 3.63) is 22.2 Å². The first-order chi connectivity index (χ1) is 5.29. The third-order valence-electron chi connectivity index (χ3n) is 2.09. The Labute approximate surface area is 69.8 Å².